The molecule has 0 heterocycles. The minimum absolute atomic E-state index is 0.740. The molecule has 0 aliphatic heterocycles. The van der Waals surface area contributed by atoms with Crippen molar-refractivity contribution in [3.63, 3.8) is 0 Å². The first kappa shape index (κ1) is 17.6. The summed E-state index contributed by atoms with van der Waals surface area (Å²) in [6.07, 6.45) is 0. The Morgan fingerprint density at radius 1 is 0.393 bits per heavy atom. The van der Waals surface area contributed by atoms with Crippen molar-refractivity contribution in [1.29, 1.82) is 0 Å². The van der Waals surface area contributed by atoms with Gasteiger partial charge in [-0.2, -0.15) is 0 Å². The average Bonchev–Trinajstić information content (AvgIpc) is 2.75. The monoisotopic (exact) mass is 362 g/mol. The van der Waals surface area contributed by atoms with E-state index in [1.54, 1.807) is 0 Å². The highest BCUT2D eigenvalue weighted by Crippen LogP contribution is 2.40. The average molecular weight is 362 g/mol. The van der Waals surface area contributed by atoms with Crippen molar-refractivity contribution in [3.8, 4) is 0 Å². The van der Waals surface area contributed by atoms with Crippen LogP contribution in [0.25, 0.3) is 11.1 Å². The van der Waals surface area contributed by atoms with E-state index in [0.29, 0.717) is 0 Å². The molecule has 28 heavy (non-hydrogen) atoms. The van der Waals surface area contributed by atoms with Gasteiger partial charge in [-0.05, 0) is 34.4 Å². The zero-order valence-electron chi connectivity index (χ0n) is 15.5. The normalized spacial score (nSPS) is 11.7. The molecule has 0 radical (unpaired) electrons. The second-order valence-corrected chi connectivity index (χ2v) is 6.66. The Hall–Kier alpha value is -3.78. The Morgan fingerprint density at radius 2 is 0.714 bits per heavy atom. The molecule has 4 aromatic carbocycles. The Labute approximate surface area is 165 Å². The second kappa shape index (κ2) is 7.85. The van der Waals surface area contributed by atoms with Crippen LogP contribution in [0.15, 0.2) is 109 Å². The number of para-hydroxylation sites is 2. The molecule has 0 unspecified atom stereocenters. The summed E-state index contributed by atoms with van der Waals surface area (Å²) >= 11 is 0. The highest BCUT2D eigenvalue weighted by molar-refractivity contribution is 6.08. The van der Waals surface area contributed by atoms with Crippen molar-refractivity contribution in [3.05, 3.63) is 131 Å². The number of hydrogen-bond donors (Lipinski definition) is 2. The largest absolute Gasteiger partial charge is 0.398 e. The van der Waals surface area contributed by atoms with E-state index in [1.165, 1.54) is 0 Å². The van der Waals surface area contributed by atoms with Gasteiger partial charge >= 0.3 is 0 Å². The SMILES string of the molecule is Nc1ccccc1/C(=C(/c1ccccc1)c1ccccc1N)c1ccccc1. The lowest BCUT2D eigenvalue weighted by molar-refractivity contribution is 1.50. The second-order valence-electron chi connectivity index (χ2n) is 6.66. The minimum Gasteiger partial charge on any atom is -0.398 e. The predicted octanol–water partition coefficient (Wildman–Crippen LogP) is 5.86. The summed E-state index contributed by atoms with van der Waals surface area (Å²) in [6, 6.07) is 36.7. The molecule has 0 aliphatic carbocycles. The van der Waals surface area contributed by atoms with Crippen molar-refractivity contribution in [2.24, 2.45) is 0 Å². The first-order valence-electron chi connectivity index (χ1n) is 9.30. The Kier molecular flexibility index (Phi) is 4.94. The van der Waals surface area contributed by atoms with Crippen LogP contribution in [0.2, 0.25) is 0 Å². The van der Waals surface area contributed by atoms with Gasteiger partial charge in [0.25, 0.3) is 0 Å². The van der Waals surface area contributed by atoms with Crippen molar-refractivity contribution in [2.45, 2.75) is 0 Å². The Bertz CT molecular complexity index is 1020. The maximum Gasteiger partial charge on any atom is 0.0394 e. The molecule has 0 atom stereocenters. The molecule has 136 valence electrons. The summed E-state index contributed by atoms with van der Waals surface area (Å²) in [4.78, 5) is 0. The van der Waals surface area contributed by atoms with Crippen LogP contribution in [0.3, 0.4) is 0 Å². The third-order valence-corrected chi connectivity index (χ3v) is 4.84. The quantitative estimate of drug-likeness (QED) is 0.353. The molecule has 0 aromatic heterocycles. The number of rotatable bonds is 4. The van der Waals surface area contributed by atoms with Gasteiger partial charge in [0.05, 0.1) is 0 Å². The molecule has 4 N–H and O–H groups in total. The van der Waals surface area contributed by atoms with Crippen LogP contribution in [0.1, 0.15) is 22.3 Å². The number of hydrogen-bond acceptors (Lipinski definition) is 2. The predicted molar refractivity (Wildman–Crippen MR) is 120 cm³/mol. The van der Waals surface area contributed by atoms with E-state index in [0.717, 1.165) is 44.8 Å². The highest BCUT2D eigenvalue weighted by Gasteiger charge is 2.18. The molecular formula is C26H22N2. The maximum atomic E-state index is 6.43. The van der Waals surface area contributed by atoms with Gasteiger partial charge in [0.1, 0.15) is 0 Å². The molecular weight excluding hydrogens is 340 g/mol. The van der Waals surface area contributed by atoms with E-state index in [4.69, 9.17) is 11.5 Å². The van der Waals surface area contributed by atoms with Gasteiger partial charge in [-0.3, -0.25) is 0 Å². The van der Waals surface area contributed by atoms with Crippen molar-refractivity contribution >= 4 is 22.5 Å². The van der Waals surface area contributed by atoms with Gasteiger partial charge in [-0.25, -0.2) is 0 Å². The van der Waals surface area contributed by atoms with E-state index in [9.17, 15) is 0 Å². The minimum atomic E-state index is 0.740. The molecule has 0 bridgehead atoms. The molecule has 4 aromatic rings. The van der Waals surface area contributed by atoms with E-state index < -0.39 is 0 Å². The van der Waals surface area contributed by atoms with Crippen LogP contribution in [-0.4, -0.2) is 0 Å². The standard InChI is InChI=1S/C26H22N2/c27-23-17-9-7-15-21(23)25(19-11-3-1-4-12-19)26(20-13-5-2-6-14-20)22-16-8-10-18-24(22)28/h1-18H,27-28H2/b26-25-. The Balaban J connectivity index is 2.16. The third kappa shape index (κ3) is 3.40. The summed E-state index contributed by atoms with van der Waals surface area (Å²) in [5.41, 5.74) is 20.7. The van der Waals surface area contributed by atoms with E-state index in [1.807, 2.05) is 72.8 Å². The molecule has 0 saturated heterocycles. The maximum absolute atomic E-state index is 6.43. The fraction of sp³-hybridized carbons (Fsp3) is 0. The van der Waals surface area contributed by atoms with Gasteiger partial charge in [0.15, 0.2) is 0 Å². The zero-order chi connectivity index (χ0) is 19.3. The summed E-state index contributed by atoms with van der Waals surface area (Å²) in [7, 11) is 0. The van der Waals surface area contributed by atoms with Crippen molar-refractivity contribution < 1.29 is 0 Å². The summed E-state index contributed by atoms with van der Waals surface area (Å²) in [5.74, 6) is 0. The molecule has 0 amide bonds. The van der Waals surface area contributed by atoms with Gasteiger partial charge in [-0.1, -0.05) is 97.1 Å². The van der Waals surface area contributed by atoms with E-state index in [-0.39, 0.29) is 0 Å². The van der Waals surface area contributed by atoms with Crippen LogP contribution in [-0.2, 0) is 0 Å². The summed E-state index contributed by atoms with van der Waals surface area (Å²) in [6.45, 7) is 0. The molecule has 0 fully saturated rings. The summed E-state index contributed by atoms with van der Waals surface area (Å²) < 4.78 is 0. The lowest BCUT2D eigenvalue weighted by Gasteiger charge is -2.20. The van der Waals surface area contributed by atoms with E-state index >= 15 is 0 Å². The molecule has 4 rings (SSSR count). The lowest BCUT2D eigenvalue weighted by atomic mass is 9.84. The van der Waals surface area contributed by atoms with Crippen LogP contribution >= 0.6 is 0 Å². The molecule has 0 spiro atoms. The first-order valence-corrected chi connectivity index (χ1v) is 9.30. The van der Waals surface area contributed by atoms with Crippen LogP contribution in [0, 0.1) is 0 Å². The lowest BCUT2D eigenvalue weighted by Crippen LogP contribution is -2.02. The van der Waals surface area contributed by atoms with Crippen LogP contribution < -0.4 is 11.5 Å². The number of benzene rings is 4. The summed E-state index contributed by atoms with van der Waals surface area (Å²) in [5, 5.41) is 0. The topological polar surface area (TPSA) is 52.0 Å². The molecule has 2 nitrogen and oxygen atoms in total. The van der Waals surface area contributed by atoms with Crippen molar-refractivity contribution in [2.75, 3.05) is 11.5 Å². The van der Waals surface area contributed by atoms with Gasteiger partial charge in [0.2, 0.25) is 0 Å². The number of nitrogens with two attached hydrogens (primary N) is 2. The molecule has 0 saturated carbocycles. The van der Waals surface area contributed by atoms with Crippen molar-refractivity contribution in [1.82, 2.24) is 0 Å². The van der Waals surface area contributed by atoms with Crippen LogP contribution in [0.5, 0.6) is 0 Å². The zero-order valence-corrected chi connectivity index (χ0v) is 15.5. The van der Waals surface area contributed by atoms with Gasteiger partial charge in [0, 0.05) is 22.5 Å². The van der Waals surface area contributed by atoms with Gasteiger partial charge < -0.3 is 11.5 Å². The van der Waals surface area contributed by atoms with Gasteiger partial charge in [-0.15, -0.1) is 0 Å². The smallest absolute Gasteiger partial charge is 0.0394 e. The highest BCUT2D eigenvalue weighted by atomic mass is 14.6. The fourth-order valence-electron chi connectivity index (χ4n) is 3.53. The van der Waals surface area contributed by atoms with Crippen LogP contribution in [0.4, 0.5) is 11.4 Å². The Morgan fingerprint density at radius 3 is 1.07 bits per heavy atom. The molecule has 0 aliphatic rings. The molecule has 2 heteroatoms. The fourth-order valence-corrected chi connectivity index (χ4v) is 3.53. The van der Waals surface area contributed by atoms with E-state index in [2.05, 4.69) is 36.4 Å². The first-order chi connectivity index (χ1) is 13.8. The number of anilines is 2. The number of nitrogen functional groups attached to an aromatic ring is 2. The third-order valence-electron chi connectivity index (χ3n) is 4.84.